The first-order valence-corrected chi connectivity index (χ1v) is 36.1. The zero-order valence-corrected chi connectivity index (χ0v) is 58.2. The average Bonchev–Trinajstić information content (AvgIpc) is 1.55. The minimum Gasteiger partial charge on any atom is -0.494 e. The molecule has 0 aliphatic heterocycles. The number of nitrogens with zero attached hydrogens (tertiary/aromatic N) is 2. The summed E-state index contributed by atoms with van der Waals surface area (Å²) in [4.78, 5) is 2.46. The third kappa shape index (κ3) is 14.5. The van der Waals surface area contributed by atoms with Crippen LogP contribution in [0, 0.1) is 0 Å². The van der Waals surface area contributed by atoms with Gasteiger partial charge in [0.1, 0.15) is 17.2 Å². The third-order valence-corrected chi connectivity index (χ3v) is 20.3. The van der Waals surface area contributed by atoms with Crippen LogP contribution in [0.3, 0.4) is 0 Å². The van der Waals surface area contributed by atoms with E-state index in [1.165, 1.54) is 85.7 Å². The fourth-order valence-electron chi connectivity index (χ4n) is 14.9. The predicted octanol–water partition coefficient (Wildman–Crippen LogP) is 26.0. The summed E-state index contributed by atoms with van der Waals surface area (Å²) in [6, 6.07) is 105. The van der Waals surface area contributed by atoms with Crippen LogP contribution < -0.4 is 19.1 Å². The van der Waals surface area contributed by atoms with Crippen LogP contribution in [-0.2, 0) is 10.8 Å². The van der Waals surface area contributed by atoms with E-state index < -0.39 is 0 Å². The minimum atomic E-state index is -0.333. The van der Waals surface area contributed by atoms with E-state index in [-0.39, 0.29) is 10.8 Å². The molecule has 0 spiro atoms. The van der Waals surface area contributed by atoms with Gasteiger partial charge in [0.2, 0.25) is 0 Å². The topological polar surface area (TPSA) is 35.9 Å². The van der Waals surface area contributed by atoms with Crippen LogP contribution in [0.25, 0.3) is 84.2 Å². The maximum atomic E-state index is 6.35. The van der Waals surface area contributed by atoms with E-state index in [9.17, 15) is 0 Å². The molecule has 12 aromatic carbocycles. The zero-order chi connectivity index (χ0) is 68.3. The molecule has 0 amide bonds. The summed E-state index contributed by atoms with van der Waals surface area (Å²) in [6.45, 7) is 16.7. The van der Waals surface area contributed by atoms with Crippen LogP contribution in [0.4, 0.5) is 17.1 Å². The van der Waals surface area contributed by atoms with Crippen molar-refractivity contribution in [3.8, 4) is 67.4 Å². The molecule has 5 heteroatoms. The molecule has 498 valence electrons. The standard InChI is InChI=1S/C95H90N2O3/c1-6-69-32-53-83(54-33-69)98-63-23-11-9-8-10-22-62-95(78-28-18-15-19-29-78)90-31-21-20-30-86(90)87-59-52-82(68-91(87)95)96(79-46-38-72(39-47-79)71-26-16-14-17-27-71)80-48-40-74(41-49-80)76-43-61-93-89(67-76)88-66-75(73-36-44-77(45-37-73)94(3,4)5)42-60-92(88)97(93)81-50-57-85(58-51-81)100-65-25-13-12-24-64-99-84-55-34-70(7-2)35-56-84/h6-7,14-21,26-61,66-68H,1-2,8-13,22-25,62-65H2,3-5H3. The Hall–Kier alpha value is -10.9. The highest BCUT2D eigenvalue weighted by molar-refractivity contribution is 6.11. The number of unbranched alkanes of at least 4 members (excludes halogenated alkanes) is 8. The molecule has 14 rings (SSSR count). The number of rotatable bonds is 29. The molecule has 1 aliphatic rings. The number of fused-ring (bicyclic) bond motifs is 6. The first-order chi connectivity index (χ1) is 49.1. The quantitative estimate of drug-likeness (QED) is 0.0438. The maximum absolute atomic E-state index is 6.35. The summed E-state index contributed by atoms with van der Waals surface area (Å²) in [7, 11) is 0. The molecule has 1 aliphatic carbocycles. The predicted molar refractivity (Wildman–Crippen MR) is 423 cm³/mol. The van der Waals surface area contributed by atoms with Crippen molar-refractivity contribution in [2.75, 3.05) is 24.7 Å². The second kappa shape index (κ2) is 30.5. The van der Waals surface area contributed by atoms with Crippen LogP contribution in [0.1, 0.15) is 125 Å². The van der Waals surface area contributed by atoms with Crippen molar-refractivity contribution < 1.29 is 14.2 Å². The van der Waals surface area contributed by atoms with Gasteiger partial charge in [-0.15, -0.1) is 0 Å². The molecule has 13 aromatic rings. The van der Waals surface area contributed by atoms with E-state index in [0.29, 0.717) is 13.2 Å². The maximum Gasteiger partial charge on any atom is 0.119 e. The van der Waals surface area contributed by atoms with E-state index in [0.717, 1.165) is 131 Å². The first kappa shape index (κ1) is 66.4. The summed E-state index contributed by atoms with van der Waals surface area (Å²) in [6.07, 6.45) is 15.8. The normalized spacial score (nSPS) is 13.2. The van der Waals surface area contributed by atoms with E-state index >= 15 is 0 Å². The Morgan fingerprint density at radius 3 is 1.28 bits per heavy atom. The molecular weight excluding hydrogens is 1220 g/mol. The molecule has 1 aromatic heterocycles. The van der Waals surface area contributed by atoms with E-state index in [4.69, 9.17) is 14.2 Å². The number of ether oxygens (including phenoxy) is 3. The Kier molecular flexibility index (Phi) is 20.2. The molecule has 0 saturated heterocycles. The number of anilines is 3. The van der Waals surface area contributed by atoms with Crippen LogP contribution >= 0.6 is 0 Å². The lowest BCUT2D eigenvalue weighted by Gasteiger charge is -2.34. The Morgan fingerprint density at radius 2 is 0.770 bits per heavy atom. The minimum absolute atomic E-state index is 0.0658. The van der Waals surface area contributed by atoms with Crippen LogP contribution in [0.5, 0.6) is 17.2 Å². The summed E-state index contributed by atoms with van der Waals surface area (Å²) in [5.74, 6) is 2.71. The van der Waals surface area contributed by atoms with Crippen molar-refractivity contribution in [2.45, 2.75) is 102 Å². The molecule has 0 fully saturated rings. The Labute approximate surface area is 592 Å². The first-order valence-electron chi connectivity index (χ1n) is 36.1. The van der Waals surface area contributed by atoms with E-state index in [2.05, 4.69) is 292 Å². The number of hydrogen-bond donors (Lipinski definition) is 0. The summed E-state index contributed by atoms with van der Waals surface area (Å²) in [5.41, 5.74) is 23.8. The van der Waals surface area contributed by atoms with Crippen molar-refractivity contribution in [1.82, 2.24) is 4.57 Å². The number of hydrogen-bond acceptors (Lipinski definition) is 4. The Balaban J connectivity index is 0.754. The van der Waals surface area contributed by atoms with Gasteiger partial charge in [0.15, 0.2) is 0 Å². The molecule has 1 heterocycles. The van der Waals surface area contributed by atoms with E-state index in [1.807, 2.05) is 48.6 Å². The lowest BCUT2D eigenvalue weighted by Crippen LogP contribution is -2.27. The fraction of sp³-hybridized carbons (Fsp3) is 0.200. The van der Waals surface area contributed by atoms with Gasteiger partial charge in [-0.1, -0.05) is 254 Å². The molecule has 0 N–H and O–H groups in total. The molecule has 0 saturated carbocycles. The molecule has 1 unspecified atom stereocenters. The average molecular weight is 1310 g/mol. The van der Waals surface area contributed by atoms with Crippen LogP contribution in [0.2, 0.25) is 0 Å². The largest absolute Gasteiger partial charge is 0.494 e. The molecule has 100 heavy (non-hydrogen) atoms. The Bertz CT molecular complexity index is 4890. The highest BCUT2D eigenvalue weighted by atomic mass is 16.5. The SMILES string of the molecule is C=Cc1ccc(OCCCCCCCCC2(c3ccccc3)c3ccccc3-c3ccc(N(c4ccc(-c5ccccc5)cc4)c4ccc(-c5ccc6c(c5)c5cc(-c7ccc(C(C)(C)C)cc7)ccc5n6-c5ccc(OCCCCCCOc6ccc(C=C)cc6)cc5)cc4)cc32)cc1. The molecular formula is C95H90N2O3. The van der Waals surface area contributed by atoms with Gasteiger partial charge in [0.25, 0.3) is 0 Å². The summed E-state index contributed by atoms with van der Waals surface area (Å²) < 4.78 is 20.8. The van der Waals surface area contributed by atoms with Gasteiger partial charge in [-0.05, 0) is 231 Å². The van der Waals surface area contributed by atoms with Crippen LogP contribution in [0.15, 0.2) is 298 Å². The van der Waals surface area contributed by atoms with Gasteiger partial charge in [-0.25, -0.2) is 0 Å². The van der Waals surface area contributed by atoms with Gasteiger partial charge in [0.05, 0.1) is 30.9 Å². The second-order valence-corrected chi connectivity index (χ2v) is 27.8. The summed E-state index contributed by atoms with van der Waals surface area (Å²) >= 11 is 0. The van der Waals surface area contributed by atoms with Crippen molar-refractivity contribution in [2.24, 2.45) is 0 Å². The number of aromatic nitrogens is 1. The van der Waals surface area contributed by atoms with Crippen molar-refractivity contribution in [3.63, 3.8) is 0 Å². The molecule has 1 atom stereocenters. The third-order valence-electron chi connectivity index (χ3n) is 20.3. The smallest absolute Gasteiger partial charge is 0.119 e. The fourth-order valence-corrected chi connectivity index (χ4v) is 14.9. The monoisotopic (exact) mass is 1310 g/mol. The number of benzene rings is 12. The van der Waals surface area contributed by atoms with Gasteiger partial charge in [-0.2, -0.15) is 0 Å². The zero-order valence-electron chi connectivity index (χ0n) is 58.2. The molecule has 0 radical (unpaired) electrons. The lowest BCUT2D eigenvalue weighted by atomic mass is 9.69. The van der Waals surface area contributed by atoms with Gasteiger partial charge in [0, 0.05) is 38.9 Å². The molecule has 0 bridgehead atoms. The highest BCUT2D eigenvalue weighted by Crippen LogP contribution is 2.57. The lowest BCUT2D eigenvalue weighted by molar-refractivity contribution is 0.287. The Morgan fingerprint density at radius 1 is 0.360 bits per heavy atom. The van der Waals surface area contributed by atoms with Crippen LogP contribution in [-0.4, -0.2) is 24.4 Å². The van der Waals surface area contributed by atoms with Gasteiger partial charge in [-0.3, -0.25) is 0 Å². The summed E-state index contributed by atoms with van der Waals surface area (Å²) in [5, 5.41) is 2.41. The van der Waals surface area contributed by atoms with E-state index in [1.54, 1.807) is 0 Å². The second-order valence-electron chi connectivity index (χ2n) is 27.8. The highest BCUT2D eigenvalue weighted by Gasteiger charge is 2.44. The molecule has 5 nitrogen and oxygen atoms in total. The van der Waals surface area contributed by atoms with Crippen molar-refractivity contribution in [1.29, 1.82) is 0 Å². The van der Waals surface area contributed by atoms with Crippen molar-refractivity contribution >= 4 is 51.0 Å². The van der Waals surface area contributed by atoms with Gasteiger partial charge < -0.3 is 23.7 Å². The van der Waals surface area contributed by atoms with Gasteiger partial charge >= 0.3 is 0 Å². The van der Waals surface area contributed by atoms with Crippen molar-refractivity contribution in [3.05, 3.63) is 332 Å².